The summed E-state index contributed by atoms with van der Waals surface area (Å²) in [6, 6.07) is 10.5. The molecule has 0 aliphatic rings. The molecular formula is C18H19N3O4. The standard InChI is InChI=1S/C18H19N3O4/c1-18(2,3)12-8-11(25-10-16(22)23)9-15(17(12)24)21-19-13-6-4-5-7-14(13)20-21/h4-9,24H,10H2,1-3H3,(H,22,23). The van der Waals surface area contributed by atoms with Gasteiger partial charge in [-0.3, -0.25) is 0 Å². The molecule has 0 atom stereocenters. The van der Waals surface area contributed by atoms with E-state index >= 15 is 0 Å². The van der Waals surface area contributed by atoms with Gasteiger partial charge in [-0.05, 0) is 23.6 Å². The summed E-state index contributed by atoms with van der Waals surface area (Å²) in [4.78, 5) is 12.1. The number of carboxylic acids is 1. The molecule has 1 aromatic heterocycles. The minimum absolute atomic E-state index is 0.0375. The fraction of sp³-hybridized carbons (Fsp3) is 0.278. The van der Waals surface area contributed by atoms with Crippen LogP contribution in [0.15, 0.2) is 36.4 Å². The highest BCUT2D eigenvalue weighted by atomic mass is 16.5. The molecule has 1 heterocycles. The number of aliphatic carboxylic acids is 1. The van der Waals surface area contributed by atoms with E-state index in [9.17, 15) is 9.90 Å². The second-order valence-corrected chi connectivity index (χ2v) is 6.75. The van der Waals surface area contributed by atoms with Crippen LogP contribution in [-0.4, -0.2) is 37.8 Å². The van der Waals surface area contributed by atoms with Crippen molar-refractivity contribution in [1.82, 2.24) is 15.0 Å². The lowest BCUT2D eigenvalue weighted by atomic mass is 9.86. The number of carboxylic acid groups (broad SMARTS) is 1. The molecule has 0 unspecified atom stereocenters. The van der Waals surface area contributed by atoms with Crippen LogP contribution in [0.2, 0.25) is 0 Å². The summed E-state index contributed by atoms with van der Waals surface area (Å²) in [7, 11) is 0. The van der Waals surface area contributed by atoms with Gasteiger partial charge in [-0.1, -0.05) is 32.9 Å². The molecule has 0 amide bonds. The molecule has 3 aromatic rings. The molecule has 0 saturated heterocycles. The van der Waals surface area contributed by atoms with E-state index in [2.05, 4.69) is 10.2 Å². The number of phenolic OH excluding ortho intramolecular Hbond substituents is 1. The highest BCUT2D eigenvalue weighted by Gasteiger charge is 2.24. The topological polar surface area (TPSA) is 97.5 Å². The van der Waals surface area contributed by atoms with Crippen molar-refractivity contribution in [2.45, 2.75) is 26.2 Å². The van der Waals surface area contributed by atoms with Crippen LogP contribution in [0, 0.1) is 0 Å². The van der Waals surface area contributed by atoms with E-state index in [0.29, 0.717) is 28.0 Å². The summed E-state index contributed by atoms with van der Waals surface area (Å²) in [6.45, 7) is 5.36. The Bertz CT molecular complexity index is 908. The van der Waals surface area contributed by atoms with Crippen molar-refractivity contribution < 1.29 is 19.7 Å². The number of phenols is 1. The zero-order valence-corrected chi connectivity index (χ0v) is 14.2. The number of benzene rings is 2. The Morgan fingerprint density at radius 2 is 1.76 bits per heavy atom. The highest BCUT2D eigenvalue weighted by molar-refractivity contribution is 5.74. The predicted molar refractivity (Wildman–Crippen MR) is 92.4 cm³/mol. The first-order valence-electron chi connectivity index (χ1n) is 7.80. The van der Waals surface area contributed by atoms with Crippen molar-refractivity contribution in [2.24, 2.45) is 0 Å². The van der Waals surface area contributed by atoms with Gasteiger partial charge in [0.25, 0.3) is 0 Å². The molecule has 0 aliphatic heterocycles. The van der Waals surface area contributed by atoms with Gasteiger partial charge < -0.3 is 14.9 Å². The van der Waals surface area contributed by atoms with E-state index < -0.39 is 12.6 Å². The maximum Gasteiger partial charge on any atom is 0.341 e. The lowest BCUT2D eigenvalue weighted by Gasteiger charge is -2.22. The fourth-order valence-corrected chi connectivity index (χ4v) is 2.51. The van der Waals surface area contributed by atoms with Crippen LogP contribution in [0.25, 0.3) is 16.7 Å². The second-order valence-electron chi connectivity index (χ2n) is 6.75. The second kappa shape index (κ2) is 6.08. The Hall–Kier alpha value is -3.09. The quantitative estimate of drug-likeness (QED) is 0.757. The van der Waals surface area contributed by atoms with Crippen LogP contribution >= 0.6 is 0 Å². The third-order valence-electron chi connectivity index (χ3n) is 3.74. The number of ether oxygens (including phenoxy) is 1. The lowest BCUT2D eigenvalue weighted by molar-refractivity contribution is -0.139. The number of hydrogen-bond donors (Lipinski definition) is 2. The fourth-order valence-electron chi connectivity index (χ4n) is 2.51. The number of nitrogens with zero attached hydrogens (tertiary/aromatic N) is 3. The van der Waals surface area contributed by atoms with Crippen molar-refractivity contribution in [3.05, 3.63) is 42.0 Å². The van der Waals surface area contributed by atoms with Gasteiger partial charge in [0.15, 0.2) is 6.61 Å². The zero-order valence-electron chi connectivity index (χ0n) is 14.2. The van der Waals surface area contributed by atoms with Crippen molar-refractivity contribution >= 4 is 17.0 Å². The van der Waals surface area contributed by atoms with Crippen LogP contribution in [0.3, 0.4) is 0 Å². The van der Waals surface area contributed by atoms with Crippen LogP contribution in [-0.2, 0) is 10.2 Å². The van der Waals surface area contributed by atoms with Gasteiger partial charge in [0.05, 0.1) is 0 Å². The Balaban J connectivity index is 2.16. The Morgan fingerprint density at radius 1 is 1.16 bits per heavy atom. The van der Waals surface area contributed by atoms with Crippen LogP contribution in [0.5, 0.6) is 11.5 Å². The molecule has 3 rings (SSSR count). The molecule has 2 aromatic carbocycles. The Morgan fingerprint density at radius 3 is 2.28 bits per heavy atom. The van der Waals surface area contributed by atoms with Crippen molar-refractivity contribution in [3.8, 4) is 17.2 Å². The minimum atomic E-state index is -1.07. The monoisotopic (exact) mass is 341 g/mol. The SMILES string of the molecule is CC(C)(C)c1cc(OCC(=O)O)cc(-n2nc3ccccc3n2)c1O. The summed E-state index contributed by atoms with van der Waals surface area (Å²) in [5.41, 5.74) is 1.96. The Labute approximate surface area is 144 Å². The first-order chi connectivity index (χ1) is 11.8. The molecular weight excluding hydrogens is 322 g/mol. The summed E-state index contributed by atoms with van der Waals surface area (Å²) in [5, 5.41) is 28.3. The molecule has 0 radical (unpaired) electrons. The first-order valence-corrected chi connectivity index (χ1v) is 7.80. The summed E-state index contributed by atoms with van der Waals surface area (Å²) < 4.78 is 5.31. The molecule has 0 spiro atoms. The van der Waals surface area contributed by atoms with Gasteiger partial charge >= 0.3 is 5.97 Å². The zero-order chi connectivity index (χ0) is 18.2. The van der Waals surface area contributed by atoms with E-state index in [0.717, 1.165) is 0 Å². The minimum Gasteiger partial charge on any atom is -0.505 e. The summed E-state index contributed by atoms with van der Waals surface area (Å²) in [5.74, 6) is -0.702. The largest absolute Gasteiger partial charge is 0.505 e. The van der Waals surface area contributed by atoms with Gasteiger partial charge in [0, 0.05) is 11.6 Å². The molecule has 0 aliphatic carbocycles. The third-order valence-corrected chi connectivity index (χ3v) is 3.74. The maximum atomic E-state index is 10.8. The normalized spacial score (nSPS) is 11.6. The molecule has 2 N–H and O–H groups in total. The van der Waals surface area contributed by atoms with Crippen molar-refractivity contribution in [2.75, 3.05) is 6.61 Å². The molecule has 7 heteroatoms. The smallest absolute Gasteiger partial charge is 0.341 e. The first kappa shape index (κ1) is 16.8. The van der Waals surface area contributed by atoms with Crippen molar-refractivity contribution in [3.63, 3.8) is 0 Å². The lowest BCUT2D eigenvalue weighted by Crippen LogP contribution is -2.15. The number of hydrogen-bond acceptors (Lipinski definition) is 5. The number of rotatable bonds is 4. The average molecular weight is 341 g/mol. The van der Waals surface area contributed by atoms with E-state index in [4.69, 9.17) is 9.84 Å². The van der Waals surface area contributed by atoms with Gasteiger partial charge in [-0.2, -0.15) is 0 Å². The number of fused-ring (bicyclic) bond motifs is 1. The number of carbonyl (C=O) groups is 1. The van der Waals surface area contributed by atoms with Crippen LogP contribution in [0.1, 0.15) is 26.3 Å². The molecule has 130 valence electrons. The molecule has 0 bridgehead atoms. The van der Waals surface area contributed by atoms with Gasteiger partial charge in [0.1, 0.15) is 28.2 Å². The Kier molecular flexibility index (Phi) is 4.08. The number of aromatic nitrogens is 3. The van der Waals surface area contributed by atoms with E-state index in [1.807, 2.05) is 45.0 Å². The van der Waals surface area contributed by atoms with E-state index in [1.54, 1.807) is 6.07 Å². The predicted octanol–water partition coefficient (Wildman–Crippen LogP) is 2.89. The van der Waals surface area contributed by atoms with E-state index in [1.165, 1.54) is 10.9 Å². The van der Waals surface area contributed by atoms with Crippen molar-refractivity contribution in [1.29, 1.82) is 0 Å². The van der Waals surface area contributed by atoms with Gasteiger partial charge in [-0.25, -0.2) is 4.79 Å². The molecule has 0 fully saturated rings. The third kappa shape index (κ3) is 3.40. The van der Waals surface area contributed by atoms with Gasteiger partial charge in [0.2, 0.25) is 0 Å². The summed E-state index contributed by atoms with van der Waals surface area (Å²) >= 11 is 0. The van der Waals surface area contributed by atoms with Crippen LogP contribution < -0.4 is 4.74 Å². The maximum absolute atomic E-state index is 10.8. The summed E-state index contributed by atoms with van der Waals surface area (Å²) in [6.07, 6.45) is 0. The van der Waals surface area contributed by atoms with Gasteiger partial charge in [-0.15, -0.1) is 15.0 Å². The van der Waals surface area contributed by atoms with Crippen LogP contribution in [0.4, 0.5) is 0 Å². The average Bonchev–Trinajstić information content (AvgIpc) is 2.96. The highest BCUT2D eigenvalue weighted by Crippen LogP contribution is 2.38. The molecule has 25 heavy (non-hydrogen) atoms. The molecule has 7 nitrogen and oxygen atoms in total. The number of aromatic hydroxyl groups is 1. The van der Waals surface area contributed by atoms with E-state index in [-0.39, 0.29) is 11.2 Å². The molecule has 0 saturated carbocycles.